The zero-order chi connectivity index (χ0) is 25.9. The van der Waals surface area contributed by atoms with Crippen LogP contribution in [-0.4, -0.2) is 44.0 Å². The normalized spacial score (nSPS) is 16.8. The number of anilines is 1. The lowest BCUT2D eigenvalue weighted by Gasteiger charge is -2.31. The first-order valence-corrected chi connectivity index (χ1v) is 13.0. The van der Waals surface area contributed by atoms with E-state index in [1.165, 1.54) is 36.6 Å². The highest BCUT2D eigenvalue weighted by atomic mass is 32.2. The summed E-state index contributed by atoms with van der Waals surface area (Å²) in [5, 5.41) is 6.71. The number of carbonyl (C=O) groups excluding carboxylic acids is 1. The van der Waals surface area contributed by atoms with Crippen LogP contribution >= 0.6 is 0 Å². The first-order chi connectivity index (χ1) is 17.2. The molecular weight excluding hydrogens is 485 g/mol. The van der Waals surface area contributed by atoms with Crippen molar-refractivity contribution in [3.8, 4) is 5.75 Å². The van der Waals surface area contributed by atoms with Gasteiger partial charge in [-0.2, -0.15) is 4.31 Å². The van der Waals surface area contributed by atoms with Gasteiger partial charge in [0.25, 0.3) is 0 Å². The summed E-state index contributed by atoms with van der Waals surface area (Å²) >= 11 is 0. The zero-order valence-electron chi connectivity index (χ0n) is 20.3. The van der Waals surface area contributed by atoms with E-state index in [1.54, 1.807) is 24.3 Å². The first-order valence-electron chi connectivity index (χ1n) is 11.5. The van der Waals surface area contributed by atoms with Crippen LogP contribution in [0.1, 0.15) is 35.4 Å². The molecule has 10 heteroatoms. The number of halogens is 1. The number of sulfonamides is 1. The predicted molar refractivity (Wildman–Crippen MR) is 134 cm³/mol. The molecule has 0 bridgehead atoms. The largest absolute Gasteiger partial charge is 0.495 e. The molecule has 1 amide bonds. The van der Waals surface area contributed by atoms with Crippen molar-refractivity contribution in [3.05, 3.63) is 70.9 Å². The van der Waals surface area contributed by atoms with Gasteiger partial charge in [0.05, 0.1) is 18.7 Å². The summed E-state index contributed by atoms with van der Waals surface area (Å²) in [5.74, 6) is -0.728. The molecule has 1 fully saturated rings. The molecule has 0 aliphatic carbocycles. The number of hydrogen-bond acceptors (Lipinski definition) is 6. The van der Waals surface area contributed by atoms with Crippen LogP contribution in [0.15, 0.2) is 51.9 Å². The minimum absolute atomic E-state index is 0.00632. The van der Waals surface area contributed by atoms with Crippen molar-refractivity contribution in [2.24, 2.45) is 5.92 Å². The summed E-state index contributed by atoms with van der Waals surface area (Å²) in [6.07, 6.45) is 3.90. The Labute approximate surface area is 209 Å². The van der Waals surface area contributed by atoms with Crippen LogP contribution < -0.4 is 10.1 Å². The smallest absolute Gasteiger partial charge is 0.248 e. The van der Waals surface area contributed by atoms with E-state index in [0.29, 0.717) is 24.3 Å². The molecule has 1 unspecified atom stereocenters. The Morgan fingerprint density at radius 3 is 2.75 bits per heavy atom. The summed E-state index contributed by atoms with van der Waals surface area (Å²) in [4.78, 5) is 13.0. The zero-order valence-corrected chi connectivity index (χ0v) is 21.1. The topological polar surface area (TPSA) is 102 Å². The fourth-order valence-electron chi connectivity index (χ4n) is 4.23. The second kappa shape index (κ2) is 10.6. The summed E-state index contributed by atoms with van der Waals surface area (Å²) in [6.45, 7) is 3.73. The average molecular weight is 514 g/mol. The number of nitrogens with zero attached hydrogens (tertiary/aromatic N) is 2. The fourth-order valence-corrected chi connectivity index (χ4v) is 6.01. The van der Waals surface area contributed by atoms with Crippen LogP contribution in [0.4, 0.5) is 10.1 Å². The number of benzene rings is 2. The van der Waals surface area contributed by atoms with Gasteiger partial charge in [-0.3, -0.25) is 4.79 Å². The highest BCUT2D eigenvalue weighted by Gasteiger charge is 2.37. The maximum Gasteiger partial charge on any atom is 0.248 e. The fraction of sp³-hybridized carbons (Fsp3) is 0.308. The summed E-state index contributed by atoms with van der Waals surface area (Å²) in [6, 6.07) is 11.6. The summed E-state index contributed by atoms with van der Waals surface area (Å²) in [5.41, 5.74) is 1.98. The first kappa shape index (κ1) is 25.6. The van der Waals surface area contributed by atoms with Gasteiger partial charge in [-0.25, -0.2) is 12.8 Å². The van der Waals surface area contributed by atoms with Crippen LogP contribution in [0.5, 0.6) is 5.75 Å². The number of hydrogen-bond donors (Lipinski definition) is 1. The number of nitrogens with one attached hydrogen (secondary N) is 1. The van der Waals surface area contributed by atoms with E-state index in [1.807, 2.05) is 19.1 Å². The Morgan fingerprint density at radius 1 is 1.22 bits per heavy atom. The Balaban J connectivity index is 1.55. The molecule has 0 saturated carbocycles. The molecule has 1 N–H and O–H groups in total. The molecule has 2 heterocycles. The maximum absolute atomic E-state index is 14.0. The number of rotatable bonds is 7. The minimum atomic E-state index is -4.03. The van der Waals surface area contributed by atoms with Crippen molar-refractivity contribution >= 4 is 33.8 Å². The van der Waals surface area contributed by atoms with Crippen molar-refractivity contribution in [3.63, 3.8) is 0 Å². The van der Waals surface area contributed by atoms with Crippen molar-refractivity contribution < 1.29 is 26.9 Å². The van der Waals surface area contributed by atoms with Gasteiger partial charge in [0, 0.05) is 18.7 Å². The molecule has 1 saturated heterocycles. The third-order valence-electron chi connectivity index (χ3n) is 6.12. The van der Waals surface area contributed by atoms with Gasteiger partial charge >= 0.3 is 0 Å². The molecule has 190 valence electrons. The molecule has 36 heavy (non-hydrogen) atoms. The lowest BCUT2D eigenvalue weighted by Crippen LogP contribution is -2.44. The predicted octanol–water partition coefficient (Wildman–Crippen LogP) is 4.65. The van der Waals surface area contributed by atoms with Crippen LogP contribution in [0, 0.1) is 25.6 Å². The van der Waals surface area contributed by atoms with Crippen LogP contribution in [-0.2, 0) is 14.8 Å². The highest BCUT2D eigenvalue weighted by Crippen LogP contribution is 2.31. The maximum atomic E-state index is 14.0. The van der Waals surface area contributed by atoms with Crippen molar-refractivity contribution in [1.29, 1.82) is 0 Å². The Bertz CT molecular complexity index is 1400. The molecule has 1 aliphatic rings. The van der Waals surface area contributed by atoms with E-state index in [-0.39, 0.29) is 40.9 Å². The van der Waals surface area contributed by atoms with E-state index in [0.717, 1.165) is 5.56 Å². The number of methoxy groups -OCH3 is 1. The number of aromatic nitrogens is 1. The number of amides is 1. The highest BCUT2D eigenvalue weighted by molar-refractivity contribution is 7.89. The molecule has 3 aromatic rings. The van der Waals surface area contributed by atoms with Gasteiger partial charge in [-0.05, 0) is 62.6 Å². The molecule has 8 nitrogen and oxygen atoms in total. The van der Waals surface area contributed by atoms with Crippen molar-refractivity contribution in [2.75, 3.05) is 25.5 Å². The molecule has 1 aromatic heterocycles. The SMILES string of the molecule is COc1ccc(C)cc1NC(=O)C1CCCN(S(=O)(=O)c2c(C)noc2C=Cc2ccccc2F)C1. The minimum Gasteiger partial charge on any atom is -0.495 e. The Kier molecular flexibility index (Phi) is 7.56. The van der Waals surface area contributed by atoms with Crippen LogP contribution in [0.3, 0.4) is 0 Å². The molecule has 2 aromatic carbocycles. The van der Waals surface area contributed by atoms with Gasteiger partial charge in [-0.1, -0.05) is 29.4 Å². The third-order valence-corrected chi connectivity index (χ3v) is 8.14. The van der Waals surface area contributed by atoms with Crippen LogP contribution in [0.25, 0.3) is 12.2 Å². The van der Waals surface area contributed by atoms with Gasteiger partial charge < -0.3 is 14.6 Å². The van der Waals surface area contributed by atoms with Crippen molar-refractivity contribution in [1.82, 2.24) is 9.46 Å². The van der Waals surface area contributed by atoms with E-state index in [2.05, 4.69) is 10.5 Å². The molecule has 1 atom stereocenters. The molecular formula is C26H28FN3O5S. The third kappa shape index (κ3) is 5.34. The molecule has 4 rings (SSSR count). The Morgan fingerprint density at radius 2 is 2.00 bits per heavy atom. The Hall–Kier alpha value is -3.50. The monoisotopic (exact) mass is 513 g/mol. The van der Waals surface area contributed by atoms with Crippen molar-refractivity contribution in [2.45, 2.75) is 31.6 Å². The molecule has 1 aliphatic heterocycles. The second-order valence-electron chi connectivity index (χ2n) is 8.71. The number of carbonyl (C=O) groups is 1. The van der Waals surface area contributed by atoms with E-state index in [4.69, 9.17) is 9.26 Å². The average Bonchev–Trinajstić information content (AvgIpc) is 3.24. The number of piperidine rings is 1. The molecule has 0 radical (unpaired) electrons. The quantitative estimate of drug-likeness (QED) is 0.494. The van der Waals surface area contributed by atoms with Gasteiger partial charge in [0.15, 0.2) is 10.7 Å². The van der Waals surface area contributed by atoms with Gasteiger partial charge in [0.2, 0.25) is 15.9 Å². The molecule has 0 spiro atoms. The number of aryl methyl sites for hydroxylation is 2. The lowest BCUT2D eigenvalue weighted by molar-refractivity contribution is -0.120. The van der Waals surface area contributed by atoms with E-state index >= 15 is 0 Å². The number of ether oxygens (including phenoxy) is 1. The summed E-state index contributed by atoms with van der Waals surface area (Å²) in [7, 11) is -2.50. The standard InChI is InChI=1S/C26H28FN3O5S/c1-17-10-12-23(34-3)22(15-17)28-26(31)20-8-6-14-30(16-20)36(32,33)25-18(2)29-35-24(25)13-11-19-7-4-5-9-21(19)27/h4-5,7,9-13,15,20H,6,8,14,16H2,1-3H3,(H,28,31). The van der Waals surface area contributed by atoms with E-state index in [9.17, 15) is 17.6 Å². The van der Waals surface area contributed by atoms with Gasteiger partial charge in [-0.15, -0.1) is 0 Å². The van der Waals surface area contributed by atoms with Gasteiger partial charge in [0.1, 0.15) is 17.3 Å². The summed E-state index contributed by atoms with van der Waals surface area (Å²) < 4.78 is 53.1. The van der Waals surface area contributed by atoms with Crippen LogP contribution in [0.2, 0.25) is 0 Å². The van der Waals surface area contributed by atoms with E-state index < -0.39 is 21.8 Å². The second-order valence-corrected chi connectivity index (χ2v) is 10.6. The lowest BCUT2D eigenvalue weighted by atomic mass is 9.98.